The molecule has 0 saturated carbocycles. The van der Waals surface area contributed by atoms with Crippen LogP contribution < -0.4 is 5.32 Å². The maximum atomic E-state index is 14.1. The predicted molar refractivity (Wildman–Crippen MR) is 107 cm³/mol. The normalized spacial score (nSPS) is 12.0. The Morgan fingerprint density at radius 3 is 2.68 bits per heavy atom. The smallest absolute Gasteiger partial charge is 0.245 e. The molecule has 0 spiro atoms. The molecule has 146 valence electrons. The van der Waals surface area contributed by atoms with Gasteiger partial charge in [0.05, 0.1) is 0 Å². The number of rotatable bonds is 6. The molecule has 5 nitrogen and oxygen atoms in total. The van der Waals surface area contributed by atoms with Crippen LogP contribution in [0, 0.1) is 5.82 Å². The molecule has 0 aliphatic rings. The van der Waals surface area contributed by atoms with Crippen molar-refractivity contribution < 1.29 is 14.0 Å². The number of likely N-dealkylation sites (N-methyl/N-ethyl adjacent to an activating group) is 1. The third-order valence-corrected chi connectivity index (χ3v) is 4.96. The lowest BCUT2D eigenvalue weighted by atomic mass is 10.0. The van der Waals surface area contributed by atoms with Crippen LogP contribution >= 0.6 is 11.6 Å². The third kappa shape index (κ3) is 4.34. The molecular weight excluding hydrogens is 381 g/mol. The van der Waals surface area contributed by atoms with Gasteiger partial charge in [0.15, 0.2) is 0 Å². The molecule has 1 aromatic heterocycles. The first-order valence-corrected chi connectivity index (χ1v) is 9.24. The SMILES string of the molecule is CC(=O)NC(Cc1c[nH]c2ccccc12)C(=O)N(C)Cc1c(F)cccc1Cl. The van der Waals surface area contributed by atoms with Crippen molar-refractivity contribution >= 4 is 34.3 Å². The summed E-state index contributed by atoms with van der Waals surface area (Å²) in [6.07, 6.45) is 2.15. The highest BCUT2D eigenvalue weighted by molar-refractivity contribution is 6.31. The fourth-order valence-corrected chi connectivity index (χ4v) is 3.45. The number of carbonyl (C=O) groups is 2. The average molecular weight is 402 g/mol. The molecule has 2 amide bonds. The fraction of sp³-hybridized carbons (Fsp3) is 0.238. The molecule has 28 heavy (non-hydrogen) atoms. The summed E-state index contributed by atoms with van der Waals surface area (Å²) >= 11 is 6.07. The van der Waals surface area contributed by atoms with Crippen LogP contribution in [0.3, 0.4) is 0 Å². The van der Waals surface area contributed by atoms with Gasteiger partial charge in [-0.05, 0) is 23.8 Å². The first-order chi connectivity index (χ1) is 13.4. The third-order valence-electron chi connectivity index (χ3n) is 4.61. The largest absolute Gasteiger partial charge is 0.361 e. The minimum absolute atomic E-state index is 0.00824. The zero-order chi connectivity index (χ0) is 20.3. The van der Waals surface area contributed by atoms with E-state index in [4.69, 9.17) is 11.6 Å². The lowest BCUT2D eigenvalue weighted by molar-refractivity contribution is -0.135. The van der Waals surface area contributed by atoms with Crippen LogP contribution in [-0.2, 0) is 22.6 Å². The van der Waals surface area contributed by atoms with Gasteiger partial charge in [0.1, 0.15) is 11.9 Å². The molecule has 1 atom stereocenters. The van der Waals surface area contributed by atoms with E-state index in [0.717, 1.165) is 16.5 Å². The molecule has 1 heterocycles. The van der Waals surface area contributed by atoms with Gasteiger partial charge in [-0.1, -0.05) is 35.9 Å². The lowest BCUT2D eigenvalue weighted by Crippen LogP contribution is -2.47. The van der Waals surface area contributed by atoms with Gasteiger partial charge in [-0.2, -0.15) is 0 Å². The minimum atomic E-state index is -0.771. The average Bonchev–Trinajstić information content (AvgIpc) is 3.06. The Morgan fingerprint density at radius 1 is 1.21 bits per heavy atom. The molecule has 3 aromatic rings. The molecule has 0 aliphatic heterocycles. The van der Waals surface area contributed by atoms with Gasteiger partial charge in [-0.25, -0.2) is 4.39 Å². The van der Waals surface area contributed by atoms with E-state index in [1.165, 1.54) is 24.0 Å². The number of carbonyl (C=O) groups excluding carboxylic acids is 2. The van der Waals surface area contributed by atoms with Crippen LogP contribution in [0.2, 0.25) is 5.02 Å². The van der Waals surface area contributed by atoms with Crippen LogP contribution in [0.25, 0.3) is 10.9 Å². The fourth-order valence-electron chi connectivity index (χ4n) is 3.23. The van der Waals surface area contributed by atoms with Crippen molar-refractivity contribution in [2.75, 3.05) is 7.05 Å². The second kappa shape index (κ2) is 8.44. The zero-order valence-corrected chi connectivity index (χ0v) is 16.4. The molecule has 0 aliphatic carbocycles. The lowest BCUT2D eigenvalue weighted by Gasteiger charge is -2.25. The Bertz CT molecular complexity index is 998. The Hall–Kier alpha value is -2.86. The van der Waals surface area contributed by atoms with Crippen LogP contribution in [0.4, 0.5) is 4.39 Å². The quantitative estimate of drug-likeness (QED) is 0.662. The molecule has 1 unspecified atom stereocenters. The van der Waals surface area contributed by atoms with Crippen LogP contribution in [0.5, 0.6) is 0 Å². The van der Waals surface area contributed by atoms with Crippen LogP contribution in [-0.4, -0.2) is 34.8 Å². The van der Waals surface area contributed by atoms with Gasteiger partial charge in [0.25, 0.3) is 0 Å². The van der Waals surface area contributed by atoms with E-state index >= 15 is 0 Å². The summed E-state index contributed by atoms with van der Waals surface area (Å²) in [5, 5.41) is 3.96. The number of hydrogen-bond donors (Lipinski definition) is 2. The molecular formula is C21H21ClFN3O2. The summed E-state index contributed by atoms with van der Waals surface area (Å²) in [5.41, 5.74) is 2.12. The van der Waals surface area contributed by atoms with E-state index in [1.807, 2.05) is 30.5 Å². The summed E-state index contributed by atoms with van der Waals surface area (Å²) in [4.78, 5) is 29.2. The predicted octanol–water partition coefficient (Wildman–Crippen LogP) is 3.67. The molecule has 7 heteroatoms. The first-order valence-electron chi connectivity index (χ1n) is 8.86. The number of benzene rings is 2. The van der Waals surface area contributed by atoms with Gasteiger partial charge < -0.3 is 15.2 Å². The molecule has 0 radical (unpaired) electrons. The van der Waals surface area contributed by atoms with E-state index in [0.29, 0.717) is 6.42 Å². The van der Waals surface area contributed by atoms with Crippen molar-refractivity contribution in [2.24, 2.45) is 0 Å². The second-order valence-corrected chi connectivity index (χ2v) is 7.12. The number of nitrogens with zero attached hydrogens (tertiary/aromatic N) is 1. The number of amides is 2. The number of halogens is 2. The molecule has 0 fully saturated rings. The van der Waals surface area contributed by atoms with Crippen molar-refractivity contribution in [3.8, 4) is 0 Å². The van der Waals surface area contributed by atoms with Gasteiger partial charge in [-0.15, -0.1) is 0 Å². The number of fused-ring (bicyclic) bond motifs is 1. The standard InChI is InChI=1S/C21H21ClFN3O2/c1-13(27)25-20(10-14-11-24-19-9-4-3-6-15(14)19)21(28)26(2)12-16-17(22)7-5-8-18(16)23/h3-9,11,20,24H,10,12H2,1-2H3,(H,25,27). The number of aromatic amines is 1. The number of para-hydroxylation sites is 1. The number of H-pyrrole nitrogens is 1. The summed E-state index contributed by atoms with van der Waals surface area (Å²) in [6.45, 7) is 1.37. The van der Waals surface area contributed by atoms with Gasteiger partial charge in [0, 0.05) is 54.6 Å². The summed E-state index contributed by atoms with van der Waals surface area (Å²) in [7, 11) is 1.56. The maximum absolute atomic E-state index is 14.1. The van der Waals surface area contributed by atoms with E-state index in [-0.39, 0.29) is 28.9 Å². The Morgan fingerprint density at radius 2 is 1.96 bits per heavy atom. The Balaban J connectivity index is 1.82. The van der Waals surface area contributed by atoms with Crippen LogP contribution in [0.15, 0.2) is 48.7 Å². The van der Waals surface area contributed by atoms with Crippen molar-refractivity contribution in [1.82, 2.24) is 15.2 Å². The van der Waals surface area contributed by atoms with Crippen LogP contribution in [0.1, 0.15) is 18.1 Å². The van der Waals surface area contributed by atoms with Gasteiger partial charge in [0.2, 0.25) is 11.8 Å². The van der Waals surface area contributed by atoms with Crippen molar-refractivity contribution in [3.05, 3.63) is 70.6 Å². The number of hydrogen-bond acceptors (Lipinski definition) is 2. The highest BCUT2D eigenvalue weighted by Crippen LogP contribution is 2.22. The maximum Gasteiger partial charge on any atom is 0.245 e. The van der Waals surface area contributed by atoms with Gasteiger partial charge in [-0.3, -0.25) is 9.59 Å². The minimum Gasteiger partial charge on any atom is -0.361 e. The highest BCUT2D eigenvalue weighted by atomic mass is 35.5. The summed E-state index contributed by atoms with van der Waals surface area (Å²) < 4.78 is 14.1. The Kier molecular flexibility index (Phi) is 5.99. The Labute approximate surface area is 167 Å². The molecule has 0 saturated heterocycles. The monoisotopic (exact) mass is 401 g/mol. The number of nitrogens with one attached hydrogen (secondary N) is 2. The topological polar surface area (TPSA) is 65.2 Å². The van der Waals surface area contributed by atoms with E-state index in [1.54, 1.807) is 13.1 Å². The zero-order valence-electron chi connectivity index (χ0n) is 15.6. The second-order valence-electron chi connectivity index (χ2n) is 6.71. The van der Waals surface area contributed by atoms with E-state index < -0.39 is 11.9 Å². The molecule has 0 bridgehead atoms. The molecule has 3 rings (SSSR count). The summed E-state index contributed by atoms with van der Waals surface area (Å²) in [5.74, 6) is -1.10. The summed E-state index contributed by atoms with van der Waals surface area (Å²) in [6, 6.07) is 11.4. The van der Waals surface area contributed by atoms with Crippen molar-refractivity contribution in [3.63, 3.8) is 0 Å². The van der Waals surface area contributed by atoms with E-state index in [2.05, 4.69) is 10.3 Å². The number of aromatic nitrogens is 1. The first kappa shape index (κ1) is 19.9. The molecule has 2 aromatic carbocycles. The van der Waals surface area contributed by atoms with Crippen molar-refractivity contribution in [1.29, 1.82) is 0 Å². The molecule has 2 N–H and O–H groups in total. The van der Waals surface area contributed by atoms with Gasteiger partial charge >= 0.3 is 0 Å². The van der Waals surface area contributed by atoms with Crippen molar-refractivity contribution in [2.45, 2.75) is 25.9 Å². The van der Waals surface area contributed by atoms with E-state index in [9.17, 15) is 14.0 Å². The highest BCUT2D eigenvalue weighted by Gasteiger charge is 2.25.